The van der Waals surface area contributed by atoms with E-state index in [2.05, 4.69) is 17.0 Å². The van der Waals surface area contributed by atoms with E-state index in [9.17, 15) is 5.11 Å². The van der Waals surface area contributed by atoms with Crippen molar-refractivity contribution >= 4 is 0 Å². The molecule has 128 valence electrons. The van der Waals surface area contributed by atoms with E-state index in [1.807, 2.05) is 0 Å². The maximum atomic E-state index is 11.2. The van der Waals surface area contributed by atoms with Crippen LogP contribution in [0.4, 0.5) is 0 Å². The minimum Gasteiger partial charge on any atom is -0.454 e. The third-order valence-electron chi connectivity index (χ3n) is 6.90. The van der Waals surface area contributed by atoms with E-state index in [1.54, 1.807) is 7.11 Å². The molecule has 6 aliphatic rings. The van der Waals surface area contributed by atoms with Gasteiger partial charge in [-0.25, -0.2) is 0 Å². The summed E-state index contributed by atoms with van der Waals surface area (Å²) in [5, 5.41) is 11.2. The van der Waals surface area contributed by atoms with Gasteiger partial charge in [-0.3, -0.25) is 4.90 Å². The third-order valence-corrected chi connectivity index (χ3v) is 6.90. The Hall–Kier alpha value is -1.34. The van der Waals surface area contributed by atoms with Crippen molar-refractivity contribution in [3.05, 3.63) is 23.3 Å². The lowest BCUT2D eigenvalue weighted by molar-refractivity contribution is -0.277. The van der Waals surface area contributed by atoms with Gasteiger partial charge in [0.15, 0.2) is 17.3 Å². The summed E-state index contributed by atoms with van der Waals surface area (Å²) in [5.74, 6) is 0.617. The van der Waals surface area contributed by atoms with Crippen LogP contribution in [0.15, 0.2) is 12.1 Å². The highest BCUT2D eigenvalue weighted by atomic mass is 16.7. The molecule has 0 amide bonds. The lowest BCUT2D eigenvalue weighted by Crippen LogP contribution is -2.47. The molecule has 5 heterocycles. The summed E-state index contributed by atoms with van der Waals surface area (Å²) < 4.78 is 23.5. The topological polar surface area (TPSA) is 60.4 Å². The second kappa shape index (κ2) is 4.25. The van der Waals surface area contributed by atoms with Crippen molar-refractivity contribution in [3.8, 4) is 11.5 Å². The minimum absolute atomic E-state index is 0.0167. The van der Waals surface area contributed by atoms with Gasteiger partial charge in [-0.2, -0.15) is 0 Å². The van der Waals surface area contributed by atoms with Gasteiger partial charge in [0.25, 0.3) is 0 Å². The van der Waals surface area contributed by atoms with Crippen molar-refractivity contribution in [1.29, 1.82) is 0 Å². The number of rotatable bonds is 1. The molecule has 1 spiro atoms. The van der Waals surface area contributed by atoms with E-state index in [1.165, 1.54) is 0 Å². The molecule has 1 saturated carbocycles. The average molecular weight is 331 g/mol. The predicted octanol–water partition coefficient (Wildman–Crippen LogP) is 1.53. The van der Waals surface area contributed by atoms with Gasteiger partial charge in [0, 0.05) is 31.5 Å². The minimum atomic E-state index is -0.917. The van der Waals surface area contributed by atoms with Gasteiger partial charge < -0.3 is 24.1 Å². The van der Waals surface area contributed by atoms with Crippen LogP contribution in [-0.2, 0) is 9.47 Å². The molecule has 7 rings (SSSR count). The molecule has 1 aliphatic carbocycles. The molecular formula is C18H21NO5. The molecule has 0 aromatic heterocycles. The van der Waals surface area contributed by atoms with E-state index in [4.69, 9.17) is 18.9 Å². The van der Waals surface area contributed by atoms with E-state index in [-0.39, 0.29) is 24.4 Å². The quantitative estimate of drug-likeness (QED) is 0.842. The summed E-state index contributed by atoms with van der Waals surface area (Å²) >= 11 is 0. The van der Waals surface area contributed by atoms with Gasteiger partial charge in [-0.15, -0.1) is 0 Å². The Morgan fingerprint density at radius 2 is 2.04 bits per heavy atom. The van der Waals surface area contributed by atoms with Crippen molar-refractivity contribution in [2.75, 3.05) is 27.0 Å². The molecule has 1 aromatic rings. The second-order valence-electron chi connectivity index (χ2n) is 7.71. The van der Waals surface area contributed by atoms with Crippen LogP contribution in [-0.4, -0.2) is 54.4 Å². The molecule has 6 heteroatoms. The van der Waals surface area contributed by atoms with Crippen molar-refractivity contribution in [2.24, 2.45) is 0 Å². The maximum Gasteiger partial charge on any atom is 0.231 e. The number of benzene rings is 1. The lowest BCUT2D eigenvalue weighted by atomic mass is 9.78. The molecule has 3 fully saturated rings. The number of hydrogen-bond acceptors (Lipinski definition) is 6. The Kier molecular flexibility index (Phi) is 2.46. The van der Waals surface area contributed by atoms with Crippen LogP contribution in [0.1, 0.15) is 42.4 Å². The van der Waals surface area contributed by atoms with E-state index in [0.717, 1.165) is 55.0 Å². The number of hydrogen-bond donors (Lipinski definition) is 1. The zero-order valence-corrected chi connectivity index (χ0v) is 13.7. The fourth-order valence-electron chi connectivity index (χ4n) is 5.94. The number of aliphatic hydroxyl groups excluding tert-OH is 1. The van der Waals surface area contributed by atoms with Gasteiger partial charge in [-0.05, 0) is 42.6 Å². The number of methoxy groups -OCH3 is 1. The molecule has 0 radical (unpaired) electrons. The van der Waals surface area contributed by atoms with Crippen LogP contribution in [0.25, 0.3) is 0 Å². The van der Waals surface area contributed by atoms with Crippen LogP contribution in [0.3, 0.4) is 0 Å². The SMILES string of the molecule is COC12C[C@]34CCCN3CC(O1)c1cc3c(cc1[C@@H]4C2O)OCO3. The van der Waals surface area contributed by atoms with Crippen LogP contribution < -0.4 is 9.47 Å². The van der Waals surface area contributed by atoms with Crippen molar-refractivity contribution in [1.82, 2.24) is 4.90 Å². The zero-order valence-electron chi connectivity index (χ0n) is 13.7. The molecular weight excluding hydrogens is 310 g/mol. The van der Waals surface area contributed by atoms with E-state index >= 15 is 0 Å². The summed E-state index contributed by atoms with van der Waals surface area (Å²) in [4.78, 5) is 2.53. The normalized spacial score (nSPS) is 44.5. The molecule has 24 heavy (non-hydrogen) atoms. The maximum absolute atomic E-state index is 11.2. The Labute approximate surface area is 140 Å². The molecule has 2 saturated heterocycles. The van der Waals surface area contributed by atoms with Crippen LogP contribution in [0.5, 0.6) is 11.5 Å². The molecule has 1 N–H and O–H groups in total. The zero-order chi connectivity index (χ0) is 16.1. The highest BCUT2D eigenvalue weighted by Crippen LogP contribution is 2.64. The first-order valence-corrected chi connectivity index (χ1v) is 8.76. The Bertz CT molecular complexity index is 738. The highest BCUT2D eigenvalue weighted by molar-refractivity contribution is 5.54. The van der Waals surface area contributed by atoms with Gasteiger partial charge in [0.1, 0.15) is 6.10 Å². The number of nitrogens with zero attached hydrogens (tertiary/aromatic N) is 1. The number of aliphatic hydroxyl groups is 1. The smallest absolute Gasteiger partial charge is 0.231 e. The standard InChI is InChI=1S/C18H21NO5/c1-21-18-8-17-3-2-4-19(17)7-14(24-18)10-5-12-13(23-9-22-12)6-11(10)15(17)16(18)20/h5-6,14-16,20H,2-4,7-9H2,1H3/t14?,15-,16?,17+,18?/m1/s1. The Balaban J connectivity index is 1.64. The predicted molar refractivity (Wildman–Crippen MR) is 83.0 cm³/mol. The van der Waals surface area contributed by atoms with Gasteiger partial charge in [0.2, 0.25) is 6.79 Å². The first-order valence-electron chi connectivity index (χ1n) is 8.76. The third kappa shape index (κ3) is 1.39. The van der Waals surface area contributed by atoms with Gasteiger partial charge in [-0.1, -0.05) is 0 Å². The summed E-state index contributed by atoms with van der Waals surface area (Å²) in [5.41, 5.74) is 2.19. The molecule has 6 nitrogen and oxygen atoms in total. The summed E-state index contributed by atoms with van der Waals surface area (Å²) in [6.45, 7) is 2.17. The van der Waals surface area contributed by atoms with Crippen LogP contribution in [0.2, 0.25) is 0 Å². The first kappa shape index (κ1) is 13.9. The highest BCUT2D eigenvalue weighted by Gasteiger charge is 2.70. The average Bonchev–Trinajstić information content (AvgIpc) is 3.19. The van der Waals surface area contributed by atoms with Crippen LogP contribution >= 0.6 is 0 Å². The lowest BCUT2D eigenvalue weighted by Gasteiger charge is -2.39. The first-order chi connectivity index (χ1) is 11.7. The van der Waals surface area contributed by atoms with Crippen LogP contribution in [0, 0.1) is 0 Å². The van der Waals surface area contributed by atoms with Gasteiger partial charge >= 0.3 is 0 Å². The van der Waals surface area contributed by atoms with Crippen molar-refractivity contribution in [2.45, 2.75) is 48.7 Å². The number of ether oxygens (including phenoxy) is 4. The Morgan fingerprint density at radius 1 is 1.25 bits per heavy atom. The van der Waals surface area contributed by atoms with Crippen molar-refractivity contribution < 1.29 is 24.1 Å². The van der Waals surface area contributed by atoms with Gasteiger partial charge in [0.05, 0.1) is 6.10 Å². The largest absolute Gasteiger partial charge is 0.454 e. The fourth-order valence-corrected chi connectivity index (χ4v) is 5.94. The van der Waals surface area contributed by atoms with E-state index in [0.29, 0.717) is 0 Å². The van der Waals surface area contributed by atoms with Crippen molar-refractivity contribution in [3.63, 3.8) is 0 Å². The molecule has 4 bridgehead atoms. The second-order valence-corrected chi connectivity index (χ2v) is 7.71. The molecule has 1 aromatic carbocycles. The number of fused-ring (bicyclic) bond motifs is 1. The summed E-state index contributed by atoms with van der Waals surface area (Å²) in [6.07, 6.45) is 2.18. The molecule has 5 aliphatic heterocycles. The van der Waals surface area contributed by atoms with E-state index < -0.39 is 11.9 Å². The monoisotopic (exact) mass is 331 g/mol. The summed E-state index contributed by atoms with van der Waals surface area (Å²) in [6, 6.07) is 4.12. The Morgan fingerprint density at radius 3 is 2.83 bits per heavy atom. The summed E-state index contributed by atoms with van der Waals surface area (Å²) in [7, 11) is 1.66. The fraction of sp³-hybridized carbons (Fsp3) is 0.667. The molecule has 5 atom stereocenters. The molecule has 3 unspecified atom stereocenters.